The molecule has 0 spiro atoms. The Hall–Kier alpha value is -3.41. The molecule has 0 aliphatic rings. The summed E-state index contributed by atoms with van der Waals surface area (Å²) in [6.45, 7) is 4.49. The summed E-state index contributed by atoms with van der Waals surface area (Å²) >= 11 is 0. The molecule has 5 nitrogen and oxygen atoms in total. The lowest BCUT2D eigenvalue weighted by Crippen LogP contribution is -2.45. The van der Waals surface area contributed by atoms with Crippen molar-refractivity contribution in [1.82, 2.24) is 14.4 Å². The quantitative estimate of drug-likeness (QED) is 0.546. The van der Waals surface area contributed by atoms with E-state index in [2.05, 4.69) is 0 Å². The number of amides is 2. The minimum atomic E-state index is -0.477. The third kappa shape index (κ3) is 5.81. The Bertz CT molecular complexity index is 1030. The van der Waals surface area contributed by atoms with Crippen molar-refractivity contribution in [3.8, 4) is 0 Å². The van der Waals surface area contributed by atoms with Crippen LogP contribution in [0.15, 0.2) is 72.9 Å². The molecule has 31 heavy (non-hydrogen) atoms. The Balaban J connectivity index is 1.82. The second-order valence-electron chi connectivity index (χ2n) is 7.88. The molecule has 3 rings (SSSR count). The van der Waals surface area contributed by atoms with Gasteiger partial charge >= 0.3 is 0 Å². The first-order chi connectivity index (χ1) is 14.8. The molecule has 0 aliphatic heterocycles. The van der Waals surface area contributed by atoms with Crippen LogP contribution in [0.1, 0.15) is 35.5 Å². The van der Waals surface area contributed by atoms with Gasteiger partial charge in [0.2, 0.25) is 5.91 Å². The van der Waals surface area contributed by atoms with E-state index in [1.807, 2.05) is 74.1 Å². The van der Waals surface area contributed by atoms with Gasteiger partial charge in [0.05, 0.1) is 6.54 Å². The third-order valence-electron chi connectivity index (χ3n) is 5.23. The van der Waals surface area contributed by atoms with Gasteiger partial charge < -0.3 is 14.4 Å². The van der Waals surface area contributed by atoms with E-state index < -0.39 is 5.82 Å². The van der Waals surface area contributed by atoms with Crippen LogP contribution < -0.4 is 0 Å². The number of hydrogen-bond acceptors (Lipinski definition) is 2. The predicted molar refractivity (Wildman–Crippen MR) is 119 cm³/mol. The van der Waals surface area contributed by atoms with Crippen molar-refractivity contribution >= 4 is 11.8 Å². The van der Waals surface area contributed by atoms with Gasteiger partial charge in [-0.2, -0.15) is 0 Å². The molecule has 0 saturated carbocycles. The molecule has 0 atom stereocenters. The number of nitrogens with zero attached hydrogens (tertiary/aromatic N) is 3. The Kier molecular flexibility index (Phi) is 7.23. The maximum Gasteiger partial charge on any atom is 0.254 e. The van der Waals surface area contributed by atoms with E-state index in [-0.39, 0.29) is 30.0 Å². The minimum Gasteiger partial charge on any atom is -0.353 e. The summed E-state index contributed by atoms with van der Waals surface area (Å²) in [5.41, 5.74) is 2.24. The number of benzene rings is 2. The summed E-state index contributed by atoms with van der Waals surface area (Å²) in [7, 11) is 1.94. The van der Waals surface area contributed by atoms with Crippen LogP contribution in [-0.2, 0) is 24.9 Å². The van der Waals surface area contributed by atoms with Crippen LogP contribution in [0.25, 0.3) is 0 Å². The summed E-state index contributed by atoms with van der Waals surface area (Å²) in [6, 6.07) is 19.0. The highest BCUT2D eigenvalue weighted by molar-refractivity contribution is 5.96. The zero-order valence-corrected chi connectivity index (χ0v) is 18.2. The molecule has 0 N–H and O–H groups in total. The van der Waals surface area contributed by atoms with Crippen molar-refractivity contribution in [3.05, 3.63) is 95.6 Å². The van der Waals surface area contributed by atoms with Crippen LogP contribution in [-0.4, -0.2) is 38.8 Å². The molecule has 1 heterocycles. The summed E-state index contributed by atoms with van der Waals surface area (Å²) < 4.78 is 15.6. The maximum absolute atomic E-state index is 13.6. The zero-order valence-electron chi connectivity index (χ0n) is 18.2. The fraction of sp³-hybridized carbons (Fsp3) is 0.280. The second-order valence-corrected chi connectivity index (χ2v) is 7.88. The molecule has 3 aromatic rings. The molecule has 0 saturated heterocycles. The second kappa shape index (κ2) is 10.1. The van der Waals surface area contributed by atoms with Gasteiger partial charge in [0.1, 0.15) is 12.4 Å². The van der Waals surface area contributed by atoms with Gasteiger partial charge in [-0.05, 0) is 49.7 Å². The van der Waals surface area contributed by atoms with Gasteiger partial charge in [0.15, 0.2) is 0 Å². The van der Waals surface area contributed by atoms with Gasteiger partial charge in [-0.25, -0.2) is 4.39 Å². The molecule has 1 aromatic heterocycles. The van der Waals surface area contributed by atoms with E-state index >= 15 is 0 Å². The number of carbonyl (C=O) groups excluding carboxylic acids is 2. The fourth-order valence-electron chi connectivity index (χ4n) is 3.41. The average molecular weight is 422 g/mol. The fourth-order valence-corrected chi connectivity index (χ4v) is 3.41. The molecule has 162 valence electrons. The lowest BCUT2D eigenvalue weighted by atomic mass is 10.1. The van der Waals surface area contributed by atoms with Gasteiger partial charge in [-0.15, -0.1) is 0 Å². The van der Waals surface area contributed by atoms with Crippen molar-refractivity contribution in [2.24, 2.45) is 7.05 Å². The number of aryl methyl sites for hydroxylation is 1. The van der Waals surface area contributed by atoms with E-state index in [1.165, 1.54) is 23.1 Å². The summed E-state index contributed by atoms with van der Waals surface area (Å²) in [5.74, 6) is -1.000. The van der Waals surface area contributed by atoms with Gasteiger partial charge in [0.25, 0.3) is 5.91 Å². The standard InChI is InChI=1S/C25H28FN3O2/c1-19(2)29(25(31)21-11-7-12-22(26)15-21)18-24(30)28(16-20-9-5-4-6-10-20)17-23-13-8-14-27(23)3/h4-15,19H,16-18H2,1-3H3. The van der Waals surface area contributed by atoms with Crippen LogP contribution in [0.3, 0.4) is 0 Å². The monoisotopic (exact) mass is 421 g/mol. The van der Waals surface area contributed by atoms with E-state index in [0.717, 1.165) is 11.3 Å². The average Bonchev–Trinajstić information content (AvgIpc) is 3.16. The number of aromatic nitrogens is 1. The summed E-state index contributed by atoms with van der Waals surface area (Å²) in [4.78, 5) is 29.6. The van der Waals surface area contributed by atoms with Gasteiger partial charge in [-0.3, -0.25) is 9.59 Å². The van der Waals surface area contributed by atoms with Crippen molar-refractivity contribution < 1.29 is 14.0 Å². The lowest BCUT2D eigenvalue weighted by molar-refractivity contribution is -0.133. The number of halogens is 1. The Morgan fingerprint density at radius 2 is 1.71 bits per heavy atom. The van der Waals surface area contributed by atoms with Crippen molar-refractivity contribution in [1.29, 1.82) is 0 Å². The van der Waals surface area contributed by atoms with E-state index in [9.17, 15) is 14.0 Å². The molecule has 2 aromatic carbocycles. The van der Waals surface area contributed by atoms with E-state index in [1.54, 1.807) is 11.0 Å². The van der Waals surface area contributed by atoms with Crippen LogP contribution in [0.4, 0.5) is 4.39 Å². The highest BCUT2D eigenvalue weighted by Crippen LogP contribution is 2.14. The first-order valence-electron chi connectivity index (χ1n) is 10.3. The molecular weight excluding hydrogens is 393 g/mol. The minimum absolute atomic E-state index is 0.0791. The van der Waals surface area contributed by atoms with Crippen molar-refractivity contribution in [2.75, 3.05) is 6.54 Å². The SMILES string of the molecule is CC(C)N(CC(=O)N(Cc1ccccc1)Cc1cccn1C)C(=O)c1cccc(F)c1. The molecule has 2 amide bonds. The predicted octanol–water partition coefficient (Wildman–Crippen LogP) is 4.24. The third-order valence-corrected chi connectivity index (χ3v) is 5.23. The summed E-state index contributed by atoms with van der Waals surface area (Å²) in [6.07, 6.45) is 1.94. The highest BCUT2D eigenvalue weighted by atomic mass is 19.1. The Labute approximate surface area is 182 Å². The van der Waals surface area contributed by atoms with Gasteiger partial charge in [0, 0.05) is 37.1 Å². The zero-order chi connectivity index (χ0) is 22.4. The van der Waals surface area contributed by atoms with Crippen LogP contribution >= 0.6 is 0 Å². The van der Waals surface area contributed by atoms with E-state index in [4.69, 9.17) is 0 Å². The topological polar surface area (TPSA) is 45.6 Å². The van der Waals surface area contributed by atoms with Crippen molar-refractivity contribution in [2.45, 2.75) is 33.0 Å². The number of hydrogen-bond donors (Lipinski definition) is 0. The maximum atomic E-state index is 13.6. The smallest absolute Gasteiger partial charge is 0.254 e. The molecule has 0 aliphatic carbocycles. The van der Waals surface area contributed by atoms with Crippen LogP contribution in [0.2, 0.25) is 0 Å². The molecule has 0 bridgehead atoms. The first kappa shape index (κ1) is 22.3. The highest BCUT2D eigenvalue weighted by Gasteiger charge is 2.25. The Morgan fingerprint density at radius 1 is 0.968 bits per heavy atom. The molecule has 0 unspecified atom stereocenters. The molecule has 0 fully saturated rings. The number of rotatable bonds is 8. The van der Waals surface area contributed by atoms with E-state index in [0.29, 0.717) is 13.1 Å². The first-order valence-corrected chi connectivity index (χ1v) is 10.3. The Morgan fingerprint density at radius 3 is 2.32 bits per heavy atom. The lowest BCUT2D eigenvalue weighted by Gasteiger charge is -2.30. The number of carbonyl (C=O) groups is 2. The van der Waals surface area contributed by atoms with Crippen LogP contribution in [0.5, 0.6) is 0 Å². The van der Waals surface area contributed by atoms with Crippen LogP contribution in [0, 0.1) is 5.82 Å². The largest absolute Gasteiger partial charge is 0.353 e. The molecule has 6 heteroatoms. The molecule has 0 radical (unpaired) electrons. The molecular formula is C25H28FN3O2. The summed E-state index contributed by atoms with van der Waals surface area (Å²) in [5, 5.41) is 0. The van der Waals surface area contributed by atoms with Crippen molar-refractivity contribution in [3.63, 3.8) is 0 Å². The normalized spacial score (nSPS) is 10.9. The van der Waals surface area contributed by atoms with Gasteiger partial charge in [-0.1, -0.05) is 36.4 Å².